The first-order chi connectivity index (χ1) is 20.9. The number of hydrogen-bond donors (Lipinski definition) is 2. The Balaban J connectivity index is 1.66. The van der Waals surface area contributed by atoms with E-state index in [1.165, 1.54) is 32.2 Å². The maximum atomic E-state index is 13.9. The maximum absolute atomic E-state index is 13.9. The second kappa shape index (κ2) is 12.6. The minimum absolute atomic E-state index is 0.00408. The molecule has 1 aliphatic carbocycles. The Kier molecular flexibility index (Phi) is 9.46. The molecule has 1 aromatic heterocycles. The summed E-state index contributed by atoms with van der Waals surface area (Å²) < 4.78 is 94.8. The number of anilines is 1. The Morgan fingerprint density at radius 3 is 2.09 bits per heavy atom. The van der Waals surface area contributed by atoms with E-state index < -0.39 is 58.6 Å². The molecule has 0 saturated carbocycles. The van der Waals surface area contributed by atoms with Crippen LogP contribution in [0.4, 0.5) is 36.4 Å². The Bertz CT molecular complexity index is 1610. The van der Waals surface area contributed by atoms with Crippen LogP contribution >= 0.6 is 0 Å². The summed E-state index contributed by atoms with van der Waals surface area (Å²) >= 11 is 0. The minimum Gasteiger partial charge on any atom is -0.481 e. The van der Waals surface area contributed by atoms with Crippen molar-refractivity contribution in [3.63, 3.8) is 0 Å². The standard InChI is InChI=1S/C33H31F7N2O3/c1-18-10-24(34)8-9-25(18)26-15-27(20-6-4-19(5-7-20)11-30(44)45)41-16-28(26)42-17-29(43)31(2,3)21-12-22(32(35,36)37)14-23(13-21)33(38,39)40/h6,8-10,12-16,19,42H,4-5,7,11,17H2,1-3H3,(H,44,45). The number of nitrogens with one attached hydrogen (secondary N) is 1. The van der Waals surface area contributed by atoms with Gasteiger partial charge in [-0.2, -0.15) is 26.3 Å². The summed E-state index contributed by atoms with van der Waals surface area (Å²) in [5.74, 6) is -2.01. The highest BCUT2D eigenvalue weighted by molar-refractivity contribution is 5.94. The van der Waals surface area contributed by atoms with Gasteiger partial charge in [0.15, 0.2) is 5.78 Å². The zero-order valence-electron chi connectivity index (χ0n) is 24.7. The molecule has 1 atom stereocenters. The van der Waals surface area contributed by atoms with E-state index in [0.717, 1.165) is 5.57 Å². The molecule has 5 nitrogen and oxygen atoms in total. The number of aromatic nitrogens is 1. The number of carboxylic acids is 1. The molecule has 0 radical (unpaired) electrons. The highest BCUT2D eigenvalue weighted by atomic mass is 19.4. The summed E-state index contributed by atoms with van der Waals surface area (Å²) in [5.41, 5.74) is -1.63. The molecule has 0 aliphatic heterocycles. The summed E-state index contributed by atoms with van der Waals surface area (Å²) in [5, 5.41) is 12.0. The number of halogens is 7. The Morgan fingerprint density at radius 2 is 1.56 bits per heavy atom. The van der Waals surface area contributed by atoms with E-state index in [0.29, 0.717) is 59.5 Å². The highest BCUT2D eigenvalue weighted by Crippen LogP contribution is 2.40. The minimum atomic E-state index is -5.06. The molecule has 45 heavy (non-hydrogen) atoms. The lowest BCUT2D eigenvalue weighted by Crippen LogP contribution is -2.35. The third kappa shape index (κ3) is 7.90. The second-order valence-corrected chi connectivity index (χ2v) is 11.7. The zero-order chi connectivity index (χ0) is 33.3. The van der Waals surface area contributed by atoms with Crippen LogP contribution in [0.25, 0.3) is 16.7 Å². The lowest BCUT2D eigenvalue weighted by atomic mass is 9.79. The number of pyridine rings is 1. The van der Waals surface area contributed by atoms with Gasteiger partial charge < -0.3 is 10.4 Å². The van der Waals surface area contributed by atoms with Crippen LogP contribution in [-0.2, 0) is 27.4 Å². The molecule has 1 aliphatic rings. The zero-order valence-corrected chi connectivity index (χ0v) is 24.7. The lowest BCUT2D eigenvalue weighted by Gasteiger charge is -2.27. The van der Waals surface area contributed by atoms with Gasteiger partial charge in [-0.15, -0.1) is 0 Å². The number of hydrogen-bond acceptors (Lipinski definition) is 4. The molecular formula is C33H31F7N2O3. The molecule has 3 aromatic rings. The van der Waals surface area contributed by atoms with Gasteiger partial charge in [0.25, 0.3) is 0 Å². The fraction of sp³-hybridized carbons (Fsp3) is 0.364. The Morgan fingerprint density at radius 1 is 0.933 bits per heavy atom. The lowest BCUT2D eigenvalue weighted by molar-refractivity contribution is -0.143. The van der Waals surface area contributed by atoms with E-state index in [1.54, 1.807) is 19.1 Å². The first-order valence-electron chi connectivity index (χ1n) is 14.1. The number of benzene rings is 2. The van der Waals surface area contributed by atoms with E-state index in [-0.39, 0.29) is 18.4 Å². The molecule has 0 amide bonds. The summed E-state index contributed by atoms with van der Waals surface area (Å²) in [6, 6.07) is 7.02. The summed E-state index contributed by atoms with van der Waals surface area (Å²) in [6.07, 6.45) is -4.87. The van der Waals surface area contributed by atoms with Crippen LogP contribution in [0.5, 0.6) is 0 Å². The fourth-order valence-electron chi connectivity index (χ4n) is 5.35. The van der Waals surface area contributed by atoms with Gasteiger partial charge >= 0.3 is 18.3 Å². The molecule has 1 unspecified atom stereocenters. The van der Waals surface area contributed by atoms with E-state index in [4.69, 9.17) is 5.11 Å². The number of ketones is 1. The molecule has 12 heteroatoms. The van der Waals surface area contributed by atoms with Crippen molar-refractivity contribution < 1.29 is 45.4 Å². The number of carboxylic acid groups (broad SMARTS) is 1. The normalized spacial score (nSPS) is 15.9. The van der Waals surface area contributed by atoms with Gasteiger partial charge in [0.2, 0.25) is 0 Å². The van der Waals surface area contributed by atoms with Crippen molar-refractivity contribution in [3.05, 3.63) is 88.5 Å². The van der Waals surface area contributed by atoms with E-state index in [1.807, 2.05) is 6.08 Å². The molecule has 0 fully saturated rings. The van der Waals surface area contributed by atoms with E-state index >= 15 is 0 Å². The Labute approximate surface area is 255 Å². The third-order valence-corrected chi connectivity index (χ3v) is 8.14. The average molecular weight is 637 g/mol. The van der Waals surface area contributed by atoms with Crippen molar-refractivity contribution in [1.29, 1.82) is 0 Å². The molecule has 4 rings (SSSR count). The van der Waals surface area contributed by atoms with Crippen LogP contribution in [-0.4, -0.2) is 28.4 Å². The average Bonchev–Trinajstić information content (AvgIpc) is 2.95. The number of carbonyl (C=O) groups excluding carboxylic acids is 1. The van der Waals surface area contributed by atoms with Gasteiger partial charge in [0.05, 0.1) is 40.7 Å². The smallest absolute Gasteiger partial charge is 0.416 e. The van der Waals surface area contributed by atoms with Gasteiger partial charge in [-0.05, 0) is 105 Å². The molecule has 0 spiro atoms. The number of Topliss-reactive ketones (excluding diaryl/α,β-unsaturated/α-hetero) is 1. The summed E-state index contributed by atoms with van der Waals surface area (Å²) in [7, 11) is 0. The molecule has 0 bridgehead atoms. The SMILES string of the molecule is Cc1cc(F)ccc1-c1cc(C2=CCC(CC(=O)O)CC2)ncc1NCC(=O)C(C)(C)c1cc(C(F)(F)F)cc(C(F)(F)F)c1. The monoisotopic (exact) mass is 636 g/mol. The van der Waals surface area contributed by atoms with Crippen LogP contribution in [0, 0.1) is 18.7 Å². The Hall–Kier alpha value is -4.22. The molecule has 0 saturated heterocycles. The summed E-state index contributed by atoms with van der Waals surface area (Å²) in [4.78, 5) is 29.0. The number of rotatable bonds is 9. The van der Waals surface area contributed by atoms with E-state index in [2.05, 4.69) is 10.3 Å². The molecule has 2 aromatic carbocycles. The van der Waals surface area contributed by atoms with Gasteiger partial charge in [0, 0.05) is 12.0 Å². The van der Waals surface area contributed by atoms with Crippen molar-refractivity contribution in [2.45, 2.75) is 64.2 Å². The fourth-order valence-corrected chi connectivity index (χ4v) is 5.35. The number of carbonyl (C=O) groups is 2. The van der Waals surface area contributed by atoms with Gasteiger partial charge in [-0.1, -0.05) is 12.1 Å². The highest BCUT2D eigenvalue weighted by Gasteiger charge is 2.40. The molecule has 2 N–H and O–H groups in total. The van der Waals surface area contributed by atoms with E-state index in [9.17, 15) is 40.3 Å². The first-order valence-corrected chi connectivity index (χ1v) is 14.1. The number of alkyl halides is 6. The van der Waals surface area contributed by atoms with Crippen LogP contribution in [0.15, 0.2) is 54.7 Å². The van der Waals surface area contributed by atoms with Crippen molar-refractivity contribution in [2.75, 3.05) is 11.9 Å². The number of nitrogens with zero attached hydrogens (tertiary/aromatic N) is 1. The predicted molar refractivity (Wildman–Crippen MR) is 155 cm³/mol. The van der Waals surface area contributed by atoms with Crippen LogP contribution < -0.4 is 5.32 Å². The van der Waals surface area contributed by atoms with Crippen molar-refractivity contribution >= 4 is 23.0 Å². The molecular weight excluding hydrogens is 605 g/mol. The second-order valence-electron chi connectivity index (χ2n) is 11.7. The van der Waals surface area contributed by atoms with Gasteiger partial charge in [-0.25, -0.2) is 4.39 Å². The topological polar surface area (TPSA) is 79.3 Å². The number of aryl methyl sites for hydroxylation is 1. The number of allylic oxidation sites excluding steroid dienone is 2. The predicted octanol–water partition coefficient (Wildman–Crippen LogP) is 8.85. The molecule has 1 heterocycles. The van der Waals surface area contributed by atoms with Crippen LogP contribution in [0.2, 0.25) is 0 Å². The van der Waals surface area contributed by atoms with Crippen LogP contribution in [0.1, 0.15) is 67.5 Å². The number of aliphatic carboxylic acids is 1. The largest absolute Gasteiger partial charge is 0.481 e. The molecule has 240 valence electrons. The maximum Gasteiger partial charge on any atom is 0.416 e. The third-order valence-electron chi connectivity index (χ3n) is 8.14. The summed E-state index contributed by atoms with van der Waals surface area (Å²) in [6.45, 7) is 3.75. The quantitative estimate of drug-likeness (QED) is 0.230. The van der Waals surface area contributed by atoms with Crippen molar-refractivity contribution in [1.82, 2.24) is 4.98 Å². The van der Waals surface area contributed by atoms with Gasteiger partial charge in [-0.3, -0.25) is 14.6 Å². The van der Waals surface area contributed by atoms with Gasteiger partial charge in [0.1, 0.15) is 5.82 Å². The van der Waals surface area contributed by atoms with Crippen molar-refractivity contribution in [2.24, 2.45) is 5.92 Å². The van der Waals surface area contributed by atoms with Crippen molar-refractivity contribution in [3.8, 4) is 11.1 Å². The first kappa shape index (κ1) is 33.7. The van der Waals surface area contributed by atoms with Crippen LogP contribution in [0.3, 0.4) is 0 Å².